The number of rotatable bonds is 5. The Labute approximate surface area is 110 Å². The molecule has 4 heteroatoms. The number of benzene rings is 1. The van der Waals surface area contributed by atoms with Gasteiger partial charge in [0.05, 0.1) is 4.47 Å². The lowest BCUT2D eigenvalue weighted by molar-refractivity contribution is 0.137. The maximum atomic E-state index is 13.4. The lowest BCUT2D eigenvalue weighted by Crippen LogP contribution is -2.57. The van der Waals surface area contributed by atoms with E-state index in [0.29, 0.717) is 10.5 Å². The summed E-state index contributed by atoms with van der Waals surface area (Å²) in [5.41, 5.74) is 1.03. The van der Waals surface area contributed by atoms with Gasteiger partial charge < -0.3 is 5.32 Å². The second-order valence-electron chi connectivity index (χ2n) is 4.50. The van der Waals surface area contributed by atoms with Gasteiger partial charge in [0.15, 0.2) is 0 Å². The minimum Gasteiger partial charge on any atom is -0.314 e. The molecule has 2 rings (SSSR count). The summed E-state index contributed by atoms with van der Waals surface area (Å²) >= 11 is 3.33. The van der Waals surface area contributed by atoms with Gasteiger partial charge in [-0.25, -0.2) is 4.39 Å². The van der Waals surface area contributed by atoms with Crippen LogP contribution in [0.4, 0.5) is 4.39 Å². The highest BCUT2D eigenvalue weighted by Crippen LogP contribution is 2.23. The van der Waals surface area contributed by atoms with Gasteiger partial charge in [0.2, 0.25) is 0 Å². The third-order valence-corrected chi connectivity index (χ3v) is 4.08. The number of hydrogen-bond donors (Lipinski definition) is 1. The maximum Gasteiger partial charge on any atom is 0.137 e. The molecule has 0 radical (unpaired) electrons. The number of nitrogens with one attached hydrogen (secondary N) is 1. The van der Waals surface area contributed by atoms with Crippen molar-refractivity contribution in [1.82, 2.24) is 10.2 Å². The molecule has 0 atom stereocenters. The van der Waals surface area contributed by atoms with E-state index in [1.165, 1.54) is 6.07 Å². The first-order valence-electron chi connectivity index (χ1n) is 6.10. The van der Waals surface area contributed by atoms with Gasteiger partial charge in [0.25, 0.3) is 0 Å². The quantitative estimate of drug-likeness (QED) is 0.899. The standard InChI is InChI=1S/C13H18BrFN2/c1-2-6-17(11-7-16-8-11)9-10-4-3-5-12(15)13(10)14/h3-5,11,16H,2,6-9H2,1H3. The van der Waals surface area contributed by atoms with Crippen LogP contribution < -0.4 is 5.32 Å². The molecule has 94 valence electrons. The molecule has 1 N–H and O–H groups in total. The Morgan fingerprint density at radius 1 is 1.47 bits per heavy atom. The average Bonchev–Trinajstić information content (AvgIpc) is 2.22. The predicted molar refractivity (Wildman–Crippen MR) is 71.5 cm³/mol. The summed E-state index contributed by atoms with van der Waals surface area (Å²) in [6.07, 6.45) is 1.13. The lowest BCUT2D eigenvalue weighted by atomic mass is 10.1. The molecule has 1 heterocycles. The minimum absolute atomic E-state index is 0.175. The van der Waals surface area contributed by atoms with E-state index in [2.05, 4.69) is 33.1 Å². The summed E-state index contributed by atoms with van der Waals surface area (Å²) in [6.45, 7) is 6.16. The third-order valence-electron chi connectivity index (χ3n) is 3.19. The molecular formula is C13H18BrFN2. The van der Waals surface area contributed by atoms with E-state index in [1.807, 2.05) is 6.07 Å². The molecule has 0 saturated carbocycles. The second kappa shape index (κ2) is 5.94. The fourth-order valence-electron chi connectivity index (χ4n) is 2.10. The van der Waals surface area contributed by atoms with Crippen LogP contribution in [-0.4, -0.2) is 30.6 Å². The normalized spacial score (nSPS) is 16.2. The van der Waals surface area contributed by atoms with E-state index < -0.39 is 0 Å². The summed E-state index contributed by atoms with van der Waals surface area (Å²) in [4.78, 5) is 2.43. The second-order valence-corrected chi connectivity index (χ2v) is 5.29. The Balaban J connectivity index is 2.08. The van der Waals surface area contributed by atoms with Crippen LogP contribution in [-0.2, 0) is 6.54 Å². The number of nitrogens with zero attached hydrogens (tertiary/aromatic N) is 1. The summed E-state index contributed by atoms with van der Waals surface area (Å²) < 4.78 is 14.0. The average molecular weight is 301 g/mol. The fourth-order valence-corrected chi connectivity index (χ4v) is 2.49. The van der Waals surface area contributed by atoms with Gasteiger partial charge in [-0.2, -0.15) is 0 Å². The predicted octanol–water partition coefficient (Wildman–Crippen LogP) is 2.77. The smallest absolute Gasteiger partial charge is 0.137 e. The lowest BCUT2D eigenvalue weighted by Gasteiger charge is -2.38. The maximum absolute atomic E-state index is 13.4. The summed E-state index contributed by atoms with van der Waals surface area (Å²) in [5.74, 6) is -0.175. The molecule has 1 aromatic carbocycles. The van der Waals surface area contributed by atoms with Crippen LogP contribution in [0.2, 0.25) is 0 Å². The molecule has 0 amide bonds. The molecule has 1 saturated heterocycles. The van der Waals surface area contributed by atoms with Crippen molar-refractivity contribution in [1.29, 1.82) is 0 Å². The van der Waals surface area contributed by atoms with Gasteiger partial charge in [0, 0.05) is 25.7 Å². The van der Waals surface area contributed by atoms with Crippen LogP contribution in [0, 0.1) is 5.82 Å². The van der Waals surface area contributed by atoms with Crippen molar-refractivity contribution < 1.29 is 4.39 Å². The van der Waals surface area contributed by atoms with Gasteiger partial charge in [-0.05, 0) is 40.5 Å². The first kappa shape index (κ1) is 13.0. The zero-order valence-electron chi connectivity index (χ0n) is 10.0. The van der Waals surface area contributed by atoms with Gasteiger partial charge in [-0.1, -0.05) is 19.1 Å². The zero-order chi connectivity index (χ0) is 12.3. The van der Waals surface area contributed by atoms with E-state index in [4.69, 9.17) is 0 Å². The highest BCUT2D eigenvalue weighted by Gasteiger charge is 2.24. The number of hydrogen-bond acceptors (Lipinski definition) is 2. The van der Waals surface area contributed by atoms with E-state index in [1.54, 1.807) is 6.07 Å². The molecule has 1 fully saturated rings. The minimum atomic E-state index is -0.175. The first-order chi connectivity index (χ1) is 8.22. The third kappa shape index (κ3) is 3.06. The van der Waals surface area contributed by atoms with Crippen LogP contribution in [0.1, 0.15) is 18.9 Å². The van der Waals surface area contributed by atoms with Crippen molar-refractivity contribution >= 4 is 15.9 Å². The van der Waals surface area contributed by atoms with Gasteiger partial charge in [-0.15, -0.1) is 0 Å². The largest absolute Gasteiger partial charge is 0.314 e. The van der Waals surface area contributed by atoms with Crippen molar-refractivity contribution in [3.8, 4) is 0 Å². The van der Waals surface area contributed by atoms with Gasteiger partial charge in [-0.3, -0.25) is 4.90 Å². The SMILES string of the molecule is CCCN(Cc1cccc(F)c1Br)C1CNC1. The molecule has 0 aliphatic carbocycles. The highest BCUT2D eigenvalue weighted by atomic mass is 79.9. The molecule has 0 aromatic heterocycles. The molecule has 0 spiro atoms. The van der Waals surface area contributed by atoms with Crippen LogP contribution in [0.3, 0.4) is 0 Å². The van der Waals surface area contributed by atoms with Crippen LogP contribution >= 0.6 is 15.9 Å². The molecular weight excluding hydrogens is 283 g/mol. The van der Waals surface area contributed by atoms with Gasteiger partial charge in [0.1, 0.15) is 5.82 Å². The van der Waals surface area contributed by atoms with Crippen molar-refractivity contribution in [3.05, 3.63) is 34.1 Å². The van der Waals surface area contributed by atoms with E-state index in [0.717, 1.165) is 38.2 Å². The monoisotopic (exact) mass is 300 g/mol. The van der Waals surface area contributed by atoms with E-state index in [-0.39, 0.29) is 5.82 Å². The summed E-state index contributed by atoms with van der Waals surface area (Å²) in [6, 6.07) is 5.86. The van der Waals surface area contributed by atoms with Crippen LogP contribution in [0.5, 0.6) is 0 Å². The fraction of sp³-hybridized carbons (Fsp3) is 0.538. The molecule has 17 heavy (non-hydrogen) atoms. The van der Waals surface area contributed by atoms with E-state index in [9.17, 15) is 4.39 Å². The van der Waals surface area contributed by atoms with E-state index >= 15 is 0 Å². The van der Waals surface area contributed by atoms with Crippen LogP contribution in [0.15, 0.2) is 22.7 Å². The summed E-state index contributed by atoms with van der Waals surface area (Å²) in [7, 11) is 0. The van der Waals surface area contributed by atoms with Crippen molar-refractivity contribution in [2.45, 2.75) is 25.9 Å². The molecule has 1 aromatic rings. The Morgan fingerprint density at radius 3 is 2.82 bits per heavy atom. The van der Waals surface area contributed by atoms with Crippen molar-refractivity contribution in [2.75, 3.05) is 19.6 Å². The van der Waals surface area contributed by atoms with Gasteiger partial charge >= 0.3 is 0 Å². The Bertz CT molecular complexity index is 380. The Kier molecular flexibility index (Phi) is 4.54. The Morgan fingerprint density at radius 2 is 2.24 bits per heavy atom. The highest BCUT2D eigenvalue weighted by molar-refractivity contribution is 9.10. The topological polar surface area (TPSA) is 15.3 Å². The molecule has 1 aliphatic rings. The molecule has 2 nitrogen and oxygen atoms in total. The first-order valence-corrected chi connectivity index (χ1v) is 6.89. The number of halogens is 2. The summed E-state index contributed by atoms with van der Waals surface area (Å²) in [5, 5.41) is 3.28. The Hall–Kier alpha value is -0.450. The molecule has 0 unspecified atom stereocenters. The zero-order valence-corrected chi connectivity index (χ0v) is 11.6. The van der Waals surface area contributed by atoms with Crippen LogP contribution in [0.25, 0.3) is 0 Å². The van der Waals surface area contributed by atoms with Crippen molar-refractivity contribution in [3.63, 3.8) is 0 Å². The van der Waals surface area contributed by atoms with Crippen molar-refractivity contribution in [2.24, 2.45) is 0 Å². The molecule has 1 aliphatic heterocycles. The molecule has 0 bridgehead atoms.